The van der Waals surface area contributed by atoms with Crippen LogP contribution in [0.1, 0.15) is 40.5 Å². The van der Waals surface area contributed by atoms with Crippen molar-refractivity contribution in [2.45, 2.75) is 50.3 Å². The van der Waals surface area contributed by atoms with Gasteiger partial charge in [0.05, 0.1) is 0 Å². The molecule has 2 heteroatoms. The summed E-state index contributed by atoms with van der Waals surface area (Å²) in [7, 11) is 0. The molecule has 2 rings (SSSR count). The van der Waals surface area contributed by atoms with E-state index in [9.17, 15) is 0 Å². The fourth-order valence-electron chi connectivity index (χ4n) is 2.41. The Balaban J connectivity index is 1.76. The highest BCUT2D eigenvalue weighted by molar-refractivity contribution is 7.99. The van der Waals surface area contributed by atoms with E-state index in [0.29, 0.717) is 10.8 Å². The Morgan fingerprint density at radius 3 is 1.25 bits per heavy atom. The quantitative estimate of drug-likeness (QED) is 0.428. The Morgan fingerprint density at radius 2 is 0.917 bits per heavy atom. The maximum atomic E-state index is 2.41. The van der Waals surface area contributed by atoms with Gasteiger partial charge in [-0.2, -0.15) is 0 Å². The molecule has 0 spiro atoms. The fraction of sp³-hybridized carbons (Fsp3) is 0.455. The van der Waals surface area contributed by atoms with Gasteiger partial charge in [0.2, 0.25) is 0 Å². The normalized spacial score (nSPS) is 12.3. The van der Waals surface area contributed by atoms with Crippen molar-refractivity contribution in [1.29, 1.82) is 0 Å². The summed E-state index contributed by atoms with van der Waals surface area (Å²) in [4.78, 5) is 2.76. The maximum Gasteiger partial charge on any atom is 0.00721 e. The Hall–Kier alpha value is -0.860. The molecule has 24 heavy (non-hydrogen) atoms. The minimum atomic E-state index is 0.370. The molecule has 0 heterocycles. The summed E-state index contributed by atoms with van der Waals surface area (Å²) in [6.07, 6.45) is 2.55. The summed E-state index contributed by atoms with van der Waals surface area (Å²) in [5.74, 6) is 2.36. The van der Waals surface area contributed by atoms with Gasteiger partial charge < -0.3 is 0 Å². The van der Waals surface area contributed by atoms with Crippen molar-refractivity contribution in [2.24, 2.45) is 10.8 Å². The topological polar surface area (TPSA) is 0 Å². The van der Waals surface area contributed by atoms with Crippen molar-refractivity contribution in [2.75, 3.05) is 11.5 Å². The highest BCUT2D eigenvalue weighted by atomic mass is 32.2. The molecule has 0 fully saturated rings. The predicted octanol–water partition coefficient (Wildman–Crippen LogP) is 7.40. The third-order valence-electron chi connectivity index (χ3n) is 4.22. The van der Waals surface area contributed by atoms with Crippen LogP contribution in [0, 0.1) is 10.8 Å². The Labute approximate surface area is 156 Å². The zero-order valence-electron chi connectivity index (χ0n) is 15.4. The first-order valence-corrected chi connectivity index (χ1v) is 10.7. The van der Waals surface area contributed by atoms with E-state index in [4.69, 9.17) is 0 Å². The largest absolute Gasteiger partial charge is 0.126 e. The average molecular weight is 359 g/mol. The van der Waals surface area contributed by atoms with E-state index in [2.05, 4.69) is 88.4 Å². The molecule has 0 aromatic heterocycles. The monoisotopic (exact) mass is 358 g/mol. The van der Waals surface area contributed by atoms with E-state index >= 15 is 0 Å². The smallest absolute Gasteiger partial charge is 0.00721 e. The summed E-state index contributed by atoms with van der Waals surface area (Å²) in [6, 6.07) is 21.5. The van der Waals surface area contributed by atoms with Gasteiger partial charge in [-0.25, -0.2) is 0 Å². The molecule has 2 aromatic carbocycles. The van der Waals surface area contributed by atoms with E-state index in [1.807, 2.05) is 23.5 Å². The molecule has 0 aliphatic rings. The van der Waals surface area contributed by atoms with Crippen molar-refractivity contribution in [3.05, 3.63) is 60.7 Å². The molecule has 0 aliphatic carbocycles. The molecule has 0 N–H and O–H groups in total. The van der Waals surface area contributed by atoms with Crippen LogP contribution in [-0.2, 0) is 0 Å². The third kappa shape index (κ3) is 7.36. The first kappa shape index (κ1) is 19.5. The Bertz CT molecular complexity index is 532. The van der Waals surface area contributed by atoms with Gasteiger partial charge in [-0.1, -0.05) is 64.1 Å². The number of hydrogen-bond donors (Lipinski definition) is 0. The lowest BCUT2D eigenvalue weighted by molar-refractivity contribution is 0.284. The highest BCUT2D eigenvalue weighted by Gasteiger charge is 2.25. The van der Waals surface area contributed by atoms with Crippen LogP contribution in [-0.4, -0.2) is 11.5 Å². The minimum Gasteiger partial charge on any atom is -0.126 e. The lowest BCUT2D eigenvalue weighted by Gasteiger charge is -2.31. The van der Waals surface area contributed by atoms with Crippen LogP contribution in [0.4, 0.5) is 0 Å². The molecular formula is C22H30S2. The zero-order valence-corrected chi connectivity index (χ0v) is 17.1. The van der Waals surface area contributed by atoms with Crippen LogP contribution in [0.25, 0.3) is 0 Å². The van der Waals surface area contributed by atoms with Gasteiger partial charge in [-0.3, -0.25) is 0 Å². The molecule has 0 amide bonds. The van der Waals surface area contributed by atoms with Crippen molar-refractivity contribution < 1.29 is 0 Å². The van der Waals surface area contributed by atoms with Crippen molar-refractivity contribution in [3.8, 4) is 0 Å². The van der Waals surface area contributed by atoms with Gasteiger partial charge in [-0.15, -0.1) is 23.5 Å². The third-order valence-corrected chi connectivity index (χ3v) is 7.29. The average Bonchev–Trinajstić information content (AvgIpc) is 2.59. The molecule has 0 bridgehead atoms. The van der Waals surface area contributed by atoms with Crippen LogP contribution in [0.3, 0.4) is 0 Å². The van der Waals surface area contributed by atoms with Gasteiger partial charge in [-0.05, 0) is 47.9 Å². The number of thioether (sulfide) groups is 2. The number of hydrogen-bond acceptors (Lipinski definition) is 2. The van der Waals surface area contributed by atoms with Crippen molar-refractivity contribution >= 4 is 23.5 Å². The number of benzene rings is 2. The van der Waals surface area contributed by atoms with Gasteiger partial charge >= 0.3 is 0 Å². The van der Waals surface area contributed by atoms with Crippen LogP contribution in [0.2, 0.25) is 0 Å². The Morgan fingerprint density at radius 1 is 0.583 bits per heavy atom. The molecule has 0 atom stereocenters. The maximum absolute atomic E-state index is 2.41. The highest BCUT2D eigenvalue weighted by Crippen LogP contribution is 2.37. The van der Waals surface area contributed by atoms with Crippen LogP contribution in [0.5, 0.6) is 0 Å². The van der Waals surface area contributed by atoms with E-state index in [0.717, 1.165) is 0 Å². The van der Waals surface area contributed by atoms with Crippen LogP contribution >= 0.6 is 23.5 Å². The molecule has 2 aromatic rings. The van der Waals surface area contributed by atoms with Crippen molar-refractivity contribution in [1.82, 2.24) is 0 Å². The molecular weight excluding hydrogens is 328 g/mol. The van der Waals surface area contributed by atoms with Crippen molar-refractivity contribution in [3.63, 3.8) is 0 Å². The molecule has 0 aliphatic heterocycles. The molecule has 0 nitrogen and oxygen atoms in total. The first-order chi connectivity index (χ1) is 11.4. The SMILES string of the molecule is CC(C)(CCC(C)(C)CSc1ccccc1)CSc1ccccc1. The second-order valence-electron chi connectivity index (χ2n) is 8.03. The van der Waals surface area contributed by atoms with Crippen LogP contribution in [0.15, 0.2) is 70.5 Å². The summed E-state index contributed by atoms with van der Waals surface area (Å²) in [6.45, 7) is 9.62. The summed E-state index contributed by atoms with van der Waals surface area (Å²) >= 11 is 3.97. The molecule has 130 valence electrons. The summed E-state index contributed by atoms with van der Waals surface area (Å²) in [5.41, 5.74) is 0.740. The molecule has 0 radical (unpaired) electrons. The fourth-order valence-corrected chi connectivity index (χ4v) is 4.51. The van der Waals surface area contributed by atoms with Crippen LogP contribution < -0.4 is 0 Å². The lowest BCUT2D eigenvalue weighted by atomic mass is 9.81. The summed E-state index contributed by atoms with van der Waals surface area (Å²) < 4.78 is 0. The minimum absolute atomic E-state index is 0.370. The van der Waals surface area contributed by atoms with E-state index in [-0.39, 0.29) is 0 Å². The first-order valence-electron chi connectivity index (χ1n) is 8.72. The second-order valence-corrected chi connectivity index (χ2v) is 10.1. The summed E-state index contributed by atoms with van der Waals surface area (Å²) in [5, 5.41) is 0. The predicted molar refractivity (Wildman–Crippen MR) is 111 cm³/mol. The Kier molecular flexibility index (Phi) is 7.31. The zero-order chi connectivity index (χ0) is 17.5. The van der Waals surface area contributed by atoms with E-state index < -0.39 is 0 Å². The second kappa shape index (κ2) is 9.01. The van der Waals surface area contributed by atoms with Gasteiger partial charge in [0.15, 0.2) is 0 Å². The molecule has 0 saturated carbocycles. The standard InChI is InChI=1S/C22H30S2/c1-21(2,17-23-19-11-7-5-8-12-19)15-16-22(3,4)18-24-20-13-9-6-10-14-20/h5-14H,15-18H2,1-4H3. The molecule has 0 saturated heterocycles. The van der Waals surface area contributed by atoms with Gasteiger partial charge in [0, 0.05) is 21.3 Å². The number of rotatable bonds is 9. The van der Waals surface area contributed by atoms with E-state index in [1.54, 1.807) is 0 Å². The lowest BCUT2D eigenvalue weighted by Crippen LogP contribution is -2.22. The molecule has 0 unspecified atom stereocenters. The van der Waals surface area contributed by atoms with Gasteiger partial charge in [0.25, 0.3) is 0 Å². The van der Waals surface area contributed by atoms with E-state index in [1.165, 1.54) is 34.1 Å². The van der Waals surface area contributed by atoms with Gasteiger partial charge in [0.1, 0.15) is 0 Å².